The van der Waals surface area contributed by atoms with E-state index in [1.54, 1.807) is 24.3 Å². The van der Waals surface area contributed by atoms with Crippen molar-refractivity contribution < 1.29 is 27.1 Å². The fourth-order valence-electron chi connectivity index (χ4n) is 4.89. The largest absolute Gasteiger partial charge is 0.490 e. The predicted octanol–water partition coefficient (Wildman–Crippen LogP) is 5.85. The smallest absolute Gasteiger partial charge is 0.277 e. The normalized spacial score (nSPS) is 19.9. The molecule has 1 aromatic heterocycles. The third-order valence-corrected chi connectivity index (χ3v) is 7.00. The lowest BCUT2D eigenvalue weighted by atomic mass is 9.97. The van der Waals surface area contributed by atoms with Crippen LogP contribution >= 0.6 is 0 Å². The minimum Gasteiger partial charge on any atom is -0.490 e. The Morgan fingerprint density at radius 2 is 1.82 bits per heavy atom. The second-order valence-corrected chi connectivity index (χ2v) is 11.1. The van der Waals surface area contributed by atoms with Crippen molar-refractivity contribution in [1.29, 1.82) is 0 Å². The second kappa shape index (κ2) is 9.72. The van der Waals surface area contributed by atoms with Crippen LogP contribution in [0.25, 0.3) is 11.5 Å². The molecular weight excluding hydrogens is 497 g/mol. The Hall–Kier alpha value is -3.40. The number of amides is 1. The molecule has 3 aromatic rings. The van der Waals surface area contributed by atoms with Crippen molar-refractivity contribution in [2.24, 2.45) is 5.73 Å². The van der Waals surface area contributed by atoms with Gasteiger partial charge in [0, 0.05) is 17.4 Å². The van der Waals surface area contributed by atoms with E-state index < -0.39 is 41.1 Å². The van der Waals surface area contributed by atoms with E-state index in [1.807, 2.05) is 20.8 Å². The van der Waals surface area contributed by atoms with Gasteiger partial charge in [0.15, 0.2) is 0 Å². The van der Waals surface area contributed by atoms with E-state index in [4.69, 9.17) is 14.9 Å². The van der Waals surface area contributed by atoms with Gasteiger partial charge in [-0.15, -0.1) is 10.2 Å². The molecule has 1 atom stereocenters. The standard InChI is InChI=1S/C28H31F3N4O3/c1-27(2,3)26-34-33-24(38-26)19-12-23-20(13-21(19)29)28(30,31)14-22(32)25(36)35(23)15-16-8-10-18(11-9-16)37-17-6-4-5-7-17/h8-13,17,22H,4-7,14-15,32H2,1-3H3/t22-/m0/s1. The van der Waals surface area contributed by atoms with Crippen LogP contribution in [-0.4, -0.2) is 28.3 Å². The fourth-order valence-corrected chi connectivity index (χ4v) is 4.89. The molecule has 2 aliphatic rings. The minimum absolute atomic E-state index is 0.0402. The number of aromatic nitrogens is 2. The highest BCUT2D eigenvalue weighted by Gasteiger charge is 2.45. The van der Waals surface area contributed by atoms with Crippen molar-refractivity contribution in [3.05, 3.63) is 59.2 Å². The molecule has 0 unspecified atom stereocenters. The summed E-state index contributed by atoms with van der Waals surface area (Å²) in [6.07, 6.45) is 3.59. The van der Waals surface area contributed by atoms with E-state index in [9.17, 15) is 4.79 Å². The lowest BCUT2D eigenvalue weighted by molar-refractivity contribution is -0.122. The SMILES string of the molecule is CC(C)(C)c1nnc(-c2cc3c(cc2F)C(F)(F)C[C@H](N)C(=O)N3Cc2ccc(OC3CCCC3)cc2)o1. The van der Waals surface area contributed by atoms with Crippen molar-refractivity contribution in [1.82, 2.24) is 10.2 Å². The third-order valence-electron chi connectivity index (χ3n) is 7.00. The van der Waals surface area contributed by atoms with Gasteiger partial charge < -0.3 is 19.8 Å². The molecule has 2 aromatic carbocycles. The number of carbonyl (C=O) groups is 1. The number of hydrogen-bond donors (Lipinski definition) is 1. The monoisotopic (exact) mass is 528 g/mol. The number of rotatable bonds is 5. The van der Waals surface area contributed by atoms with Crippen LogP contribution < -0.4 is 15.4 Å². The first-order chi connectivity index (χ1) is 17.9. The van der Waals surface area contributed by atoms with Crippen LogP contribution in [0.15, 0.2) is 40.8 Å². The van der Waals surface area contributed by atoms with Gasteiger partial charge in [-0.25, -0.2) is 13.2 Å². The first-order valence-corrected chi connectivity index (χ1v) is 12.8. The summed E-state index contributed by atoms with van der Waals surface area (Å²) < 4.78 is 57.3. The Morgan fingerprint density at radius 3 is 2.45 bits per heavy atom. The summed E-state index contributed by atoms with van der Waals surface area (Å²) in [5.74, 6) is -4.35. The van der Waals surface area contributed by atoms with Crippen LogP contribution in [0.4, 0.5) is 18.9 Å². The van der Waals surface area contributed by atoms with Gasteiger partial charge in [0.05, 0.1) is 29.9 Å². The van der Waals surface area contributed by atoms with Crippen LogP contribution in [0.2, 0.25) is 0 Å². The summed E-state index contributed by atoms with van der Waals surface area (Å²) in [7, 11) is 0. The lowest BCUT2D eigenvalue weighted by Gasteiger charge is -2.25. The van der Waals surface area contributed by atoms with Gasteiger partial charge in [0.1, 0.15) is 11.6 Å². The molecule has 0 radical (unpaired) electrons. The molecular formula is C28H31F3N4O3. The highest BCUT2D eigenvalue weighted by molar-refractivity contribution is 5.99. The molecule has 2 heterocycles. The van der Waals surface area contributed by atoms with Crippen molar-refractivity contribution in [3.8, 4) is 17.2 Å². The zero-order chi connectivity index (χ0) is 27.2. The number of ether oxygens (including phenoxy) is 1. The molecule has 5 rings (SSSR count). The van der Waals surface area contributed by atoms with Crippen molar-refractivity contribution in [2.45, 2.75) is 82.9 Å². The minimum atomic E-state index is -3.52. The quantitative estimate of drug-likeness (QED) is 0.446. The molecule has 1 amide bonds. The topological polar surface area (TPSA) is 94.5 Å². The van der Waals surface area contributed by atoms with Crippen LogP contribution in [0.3, 0.4) is 0 Å². The Labute approximate surface area is 219 Å². The Bertz CT molecular complexity index is 1330. The van der Waals surface area contributed by atoms with Gasteiger partial charge in [-0.05, 0) is 55.5 Å². The van der Waals surface area contributed by atoms with Crippen LogP contribution in [0.5, 0.6) is 5.75 Å². The van der Waals surface area contributed by atoms with Crippen molar-refractivity contribution >= 4 is 11.6 Å². The molecule has 0 spiro atoms. The highest BCUT2D eigenvalue weighted by atomic mass is 19.3. The van der Waals surface area contributed by atoms with Gasteiger partial charge in [-0.1, -0.05) is 32.9 Å². The van der Waals surface area contributed by atoms with Gasteiger partial charge in [-0.2, -0.15) is 0 Å². The van der Waals surface area contributed by atoms with Gasteiger partial charge in [0.25, 0.3) is 11.8 Å². The number of hydrogen-bond acceptors (Lipinski definition) is 6. The number of nitrogens with two attached hydrogens (primary N) is 1. The average Bonchev–Trinajstić information content (AvgIpc) is 3.54. The number of fused-ring (bicyclic) bond motifs is 1. The van der Waals surface area contributed by atoms with E-state index in [0.717, 1.165) is 31.7 Å². The van der Waals surface area contributed by atoms with Crippen molar-refractivity contribution in [2.75, 3.05) is 4.90 Å². The lowest BCUT2D eigenvalue weighted by Crippen LogP contribution is -2.43. The predicted molar refractivity (Wildman–Crippen MR) is 135 cm³/mol. The molecule has 1 aliphatic heterocycles. The number of halogens is 3. The van der Waals surface area contributed by atoms with E-state index >= 15 is 13.2 Å². The van der Waals surface area contributed by atoms with E-state index in [0.29, 0.717) is 11.3 Å². The Kier molecular flexibility index (Phi) is 6.71. The molecule has 1 aliphatic carbocycles. The molecule has 0 bridgehead atoms. The molecule has 7 nitrogen and oxygen atoms in total. The zero-order valence-corrected chi connectivity index (χ0v) is 21.6. The van der Waals surface area contributed by atoms with E-state index in [2.05, 4.69) is 10.2 Å². The number of nitrogens with zero attached hydrogens (tertiary/aromatic N) is 3. The summed E-state index contributed by atoms with van der Waals surface area (Å²) in [4.78, 5) is 14.4. The molecule has 202 valence electrons. The van der Waals surface area contributed by atoms with E-state index in [1.165, 1.54) is 11.0 Å². The fraction of sp³-hybridized carbons (Fsp3) is 0.464. The summed E-state index contributed by atoms with van der Waals surface area (Å²) in [5, 5.41) is 7.91. The van der Waals surface area contributed by atoms with Gasteiger partial charge in [-0.3, -0.25) is 4.79 Å². The number of anilines is 1. The number of benzene rings is 2. The Morgan fingerprint density at radius 1 is 1.13 bits per heavy atom. The van der Waals surface area contributed by atoms with Gasteiger partial charge in [0.2, 0.25) is 11.8 Å². The summed E-state index contributed by atoms with van der Waals surface area (Å²) >= 11 is 0. The summed E-state index contributed by atoms with van der Waals surface area (Å²) in [5.41, 5.74) is 5.16. The van der Waals surface area contributed by atoms with Gasteiger partial charge >= 0.3 is 0 Å². The second-order valence-electron chi connectivity index (χ2n) is 11.1. The highest BCUT2D eigenvalue weighted by Crippen LogP contribution is 2.45. The maximum Gasteiger partial charge on any atom is 0.277 e. The molecule has 1 fully saturated rings. The molecule has 1 saturated carbocycles. The van der Waals surface area contributed by atoms with Crippen LogP contribution in [-0.2, 0) is 22.7 Å². The number of alkyl halides is 2. The zero-order valence-electron chi connectivity index (χ0n) is 21.6. The summed E-state index contributed by atoms with van der Waals surface area (Å²) in [6.45, 7) is 5.51. The molecule has 0 saturated heterocycles. The molecule has 10 heteroatoms. The first kappa shape index (κ1) is 26.2. The van der Waals surface area contributed by atoms with E-state index in [-0.39, 0.29) is 35.7 Å². The first-order valence-electron chi connectivity index (χ1n) is 12.8. The van der Waals surface area contributed by atoms with Crippen LogP contribution in [0, 0.1) is 5.82 Å². The maximum atomic E-state index is 15.2. The molecule has 2 N–H and O–H groups in total. The van der Waals surface area contributed by atoms with Crippen LogP contribution in [0.1, 0.15) is 69.9 Å². The molecule has 38 heavy (non-hydrogen) atoms. The number of carbonyl (C=O) groups excluding carboxylic acids is 1. The summed E-state index contributed by atoms with van der Waals surface area (Å²) in [6, 6.07) is 7.61. The maximum absolute atomic E-state index is 15.2. The van der Waals surface area contributed by atoms with Crippen molar-refractivity contribution in [3.63, 3.8) is 0 Å². The average molecular weight is 529 g/mol. The third kappa shape index (κ3) is 5.14. The Balaban J connectivity index is 1.52.